The second-order valence-electron chi connectivity index (χ2n) is 5.15. The lowest BCUT2D eigenvalue weighted by Crippen LogP contribution is -2.21. The minimum atomic E-state index is -0.153. The molecule has 116 valence electrons. The fourth-order valence-electron chi connectivity index (χ4n) is 2.24. The van der Waals surface area contributed by atoms with Gasteiger partial charge in [-0.15, -0.1) is 5.10 Å². The Morgan fingerprint density at radius 3 is 2.70 bits per heavy atom. The first-order valence-electron chi connectivity index (χ1n) is 7.41. The Morgan fingerprint density at radius 1 is 1.13 bits per heavy atom. The number of aromatic nitrogens is 3. The summed E-state index contributed by atoms with van der Waals surface area (Å²) >= 11 is 0. The van der Waals surface area contributed by atoms with Crippen LogP contribution in [0.15, 0.2) is 59.7 Å². The van der Waals surface area contributed by atoms with E-state index in [4.69, 9.17) is 0 Å². The summed E-state index contributed by atoms with van der Waals surface area (Å²) in [6.45, 7) is 2.33. The lowest BCUT2D eigenvalue weighted by molar-refractivity contribution is -0.121. The van der Waals surface area contributed by atoms with Gasteiger partial charge in [-0.25, -0.2) is 10.1 Å². The van der Waals surface area contributed by atoms with Gasteiger partial charge < -0.3 is 0 Å². The van der Waals surface area contributed by atoms with E-state index in [9.17, 15) is 4.79 Å². The van der Waals surface area contributed by atoms with Crippen molar-refractivity contribution >= 4 is 22.7 Å². The Morgan fingerprint density at radius 2 is 1.87 bits per heavy atom. The molecule has 6 heteroatoms. The molecule has 0 fully saturated rings. The van der Waals surface area contributed by atoms with E-state index in [1.165, 1.54) is 0 Å². The number of nitrogens with zero attached hydrogens (tertiary/aromatic N) is 4. The molecule has 0 aliphatic carbocycles. The van der Waals surface area contributed by atoms with E-state index in [0.29, 0.717) is 13.0 Å². The molecule has 1 aromatic heterocycles. The van der Waals surface area contributed by atoms with Crippen molar-refractivity contribution in [3.63, 3.8) is 0 Å². The number of carbonyl (C=O) groups excluding carboxylic acids is 1. The zero-order valence-corrected chi connectivity index (χ0v) is 12.8. The van der Waals surface area contributed by atoms with Gasteiger partial charge in [-0.05, 0) is 24.6 Å². The molecule has 2 aromatic carbocycles. The second-order valence-corrected chi connectivity index (χ2v) is 5.15. The summed E-state index contributed by atoms with van der Waals surface area (Å²) in [7, 11) is 0. The molecule has 0 saturated heterocycles. The monoisotopic (exact) mass is 307 g/mol. The summed E-state index contributed by atoms with van der Waals surface area (Å²) in [5, 5.41) is 12.3. The summed E-state index contributed by atoms with van der Waals surface area (Å²) in [6.07, 6.45) is 0.291. The molecule has 0 saturated carbocycles. The van der Waals surface area contributed by atoms with Gasteiger partial charge in [0.2, 0.25) is 5.91 Å². The molecule has 0 aliphatic heterocycles. The molecule has 0 radical (unpaired) electrons. The van der Waals surface area contributed by atoms with Gasteiger partial charge in [0.05, 0.1) is 17.8 Å². The third kappa shape index (κ3) is 3.60. The van der Waals surface area contributed by atoms with Crippen LogP contribution in [0.1, 0.15) is 18.9 Å². The highest BCUT2D eigenvalue weighted by Crippen LogP contribution is 2.09. The quantitative estimate of drug-likeness (QED) is 0.581. The lowest BCUT2D eigenvalue weighted by Gasteiger charge is -2.03. The molecular weight excluding hydrogens is 290 g/mol. The Labute approximate surface area is 133 Å². The van der Waals surface area contributed by atoms with Gasteiger partial charge in [0.15, 0.2) is 0 Å². The number of hydrogen-bond acceptors (Lipinski definition) is 4. The van der Waals surface area contributed by atoms with E-state index in [1.807, 2.05) is 61.5 Å². The van der Waals surface area contributed by atoms with Gasteiger partial charge in [-0.3, -0.25) is 4.79 Å². The Balaban J connectivity index is 1.58. The van der Waals surface area contributed by atoms with Crippen LogP contribution >= 0.6 is 0 Å². The Kier molecular flexibility index (Phi) is 4.42. The Hall–Kier alpha value is -3.02. The van der Waals surface area contributed by atoms with Crippen molar-refractivity contribution in [2.75, 3.05) is 0 Å². The summed E-state index contributed by atoms with van der Waals surface area (Å²) in [6, 6.07) is 17.4. The molecule has 3 rings (SSSR count). The van der Waals surface area contributed by atoms with E-state index in [-0.39, 0.29) is 5.91 Å². The first-order valence-corrected chi connectivity index (χ1v) is 7.41. The van der Waals surface area contributed by atoms with Crippen LogP contribution in [0.2, 0.25) is 0 Å². The predicted octanol–water partition coefficient (Wildman–Crippen LogP) is 2.36. The number of nitrogens with one attached hydrogen (secondary N) is 1. The maximum atomic E-state index is 11.9. The maximum Gasteiger partial charge on any atom is 0.241 e. The topological polar surface area (TPSA) is 72.2 Å². The lowest BCUT2D eigenvalue weighted by atomic mass is 10.1. The average Bonchev–Trinajstić information content (AvgIpc) is 3.02. The van der Waals surface area contributed by atoms with Crippen molar-refractivity contribution in [3.8, 4) is 0 Å². The zero-order chi connectivity index (χ0) is 16.1. The van der Waals surface area contributed by atoms with E-state index in [0.717, 1.165) is 22.3 Å². The van der Waals surface area contributed by atoms with Crippen LogP contribution in [0.3, 0.4) is 0 Å². The highest BCUT2D eigenvalue weighted by atomic mass is 16.2. The van der Waals surface area contributed by atoms with Crippen molar-refractivity contribution in [1.82, 2.24) is 20.4 Å². The van der Waals surface area contributed by atoms with Crippen molar-refractivity contribution in [2.24, 2.45) is 5.10 Å². The predicted molar refractivity (Wildman–Crippen MR) is 88.9 cm³/mol. The maximum absolute atomic E-state index is 11.9. The number of aryl methyl sites for hydroxylation is 1. The molecule has 1 heterocycles. The van der Waals surface area contributed by atoms with E-state index in [2.05, 4.69) is 20.8 Å². The molecule has 1 N–H and O–H groups in total. The summed E-state index contributed by atoms with van der Waals surface area (Å²) in [4.78, 5) is 11.9. The van der Waals surface area contributed by atoms with Gasteiger partial charge in [0, 0.05) is 6.42 Å². The third-order valence-electron chi connectivity index (χ3n) is 3.51. The van der Waals surface area contributed by atoms with E-state index < -0.39 is 0 Å². The molecule has 6 nitrogen and oxygen atoms in total. The molecule has 0 spiro atoms. The first kappa shape index (κ1) is 14.9. The van der Waals surface area contributed by atoms with Crippen molar-refractivity contribution < 1.29 is 4.79 Å². The summed E-state index contributed by atoms with van der Waals surface area (Å²) in [5.74, 6) is -0.153. The molecule has 0 unspecified atom stereocenters. The molecule has 0 bridgehead atoms. The summed E-state index contributed by atoms with van der Waals surface area (Å²) in [5.41, 5.74) is 6.07. The van der Waals surface area contributed by atoms with Crippen LogP contribution in [0.4, 0.5) is 0 Å². The van der Waals surface area contributed by atoms with Gasteiger partial charge in [0.1, 0.15) is 5.52 Å². The molecule has 0 atom stereocenters. The van der Waals surface area contributed by atoms with Crippen LogP contribution in [0.5, 0.6) is 0 Å². The normalized spacial score (nSPS) is 11.6. The first-order chi connectivity index (χ1) is 11.2. The van der Waals surface area contributed by atoms with Gasteiger partial charge in [0.25, 0.3) is 0 Å². The molecular formula is C17H17N5O. The Bertz CT molecular complexity index is 838. The minimum Gasteiger partial charge on any atom is -0.273 e. The molecule has 3 aromatic rings. The van der Waals surface area contributed by atoms with E-state index in [1.54, 1.807) is 4.68 Å². The standard InChI is InChI=1S/C17H17N5O/c1-13(14-7-3-2-4-8-14)18-20-17(23)11-12-22-16-10-6-5-9-15(16)19-21-22/h2-10H,11-12H2,1H3,(H,20,23). The van der Waals surface area contributed by atoms with Crippen LogP contribution < -0.4 is 5.43 Å². The van der Waals surface area contributed by atoms with Gasteiger partial charge in [-0.1, -0.05) is 47.7 Å². The van der Waals surface area contributed by atoms with Gasteiger partial charge in [-0.2, -0.15) is 5.10 Å². The number of benzene rings is 2. The van der Waals surface area contributed by atoms with Crippen molar-refractivity contribution in [2.45, 2.75) is 19.9 Å². The number of rotatable bonds is 5. The third-order valence-corrected chi connectivity index (χ3v) is 3.51. The number of amides is 1. The van der Waals surface area contributed by atoms with Crippen LogP contribution in [0.25, 0.3) is 11.0 Å². The number of hydrazone groups is 1. The highest BCUT2D eigenvalue weighted by molar-refractivity contribution is 5.99. The second kappa shape index (κ2) is 6.83. The van der Waals surface area contributed by atoms with Crippen LogP contribution in [-0.4, -0.2) is 26.6 Å². The molecule has 0 aliphatic rings. The zero-order valence-electron chi connectivity index (χ0n) is 12.8. The van der Waals surface area contributed by atoms with Crippen molar-refractivity contribution in [1.29, 1.82) is 0 Å². The minimum absolute atomic E-state index is 0.153. The fraction of sp³-hybridized carbons (Fsp3) is 0.176. The van der Waals surface area contributed by atoms with Crippen molar-refractivity contribution in [3.05, 3.63) is 60.2 Å². The van der Waals surface area contributed by atoms with E-state index >= 15 is 0 Å². The number of hydrogen-bond donors (Lipinski definition) is 1. The van der Waals surface area contributed by atoms with Crippen LogP contribution in [0, 0.1) is 0 Å². The van der Waals surface area contributed by atoms with Gasteiger partial charge >= 0.3 is 0 Å². The average molecular weight is 307 g/mol. The molecule has 23 heavy (non-hydrogen) atoms. The number of para-hydroxylation sites is 1. The number of carbonyl (C=O) groups is 1. The fourth-order valence-corrected chi connectivity index (χ4v) is 2.24. The number of fused-ring (bicyclic) bond motifs is 1. The molecule has 1 amide bonds. The summed E-state index contributed by atoms with van der Waals surface area (Å²) < 4.78 is 1.72. The largest absolute Gasteiger partial charge is 0.273 e. The SMILES string of the molecule is CC(=NNC(=O)CCn1nnc2ccccc21)c1ccccc1. The van der Waals surface area contributed by atoms with Crippen LogP contribution in [-0.2, 0) is 11.3 Å². The smallest absolute Gasteiger partial charge is 0.241 e. The highest BCUT2D eigenvalue weighted by Gasteiger charge is 2.06.